The Labute approximate surface area is 136 Å². The van der Waals surface area contributed by atoms with Gasteiger partial charge >= 0.3 is 6.03 Å². The topological polar surface area (TPSA) is 59.4 Å². The van der Waals surface area contributed by atoms with Gasteiger partial charge in [0.05, 0.1) is 25.8 Å². The number of nitrogens with one attached hydrogen (secondary N) is 1. The zero-order chi connectivity index (χ0) is 16.1. The number of hydrogen-bond donors (Lipinski definition) is 1. The van der Waals surface area contributed by atoms with E-state index < -0.39 is 0 Å². The van der Waals surface area contributed by atoms with Crippen LogP contribution in [0.1, 0.15) is 18.1 Å². The van der Waals surface area contributed by atoms with Crippen LogP contribution < -0.4 is 5.32 Å². The Morgan fingerprint density at radius 2 is 2.17 bits per heavy atom. The normalized spacial score (nSPS) is 18.0. The molecule has 6 nitrogen and oxygen atoms in total. The zero-order valence-electron chi connectivity index (χ0n) is 13.3. The maximum atomic E-state index is 12.4. The van der Waals surface area contributed by atoms with E-state index in [2.05, 4.69) is 16.5 Å². The minimum absolute atomic E-state index is 0.0327. The number of hydrogen-bond acceptors (Lipinski definition) is 3. The Bertz CT molecular complexity index is 642. The van der Waals surface area contributed by atoms with Gasteiger partial charge in [-0.2, -0.15) is 5.10 Å². The van der Waals surface area contributed by atoms with E-state index in [0.717, 1.165) is 11.1 Å². The number of rotatable bonds is 4. The van der Waals surface area contributed by atoms with Crippen LogP contribution in [-0.4, -0.2) is 46.5 Å². The number of urea groups is 1. The van der Waals surface area contributed by atoms with Crippen LogP contribution in [0, 0.1) is 0 Å². The van der Waals surface area contributed by atoms with Crippen molar-refractivity contribution in [3.8, 4) is 0 Å². The zero-order valence-corrected chi connectivity index (χ0v) is 13.3. The fraction of sp³-hybridized carbons (Fsp3) is 0.412. The van der Waals surface area contributed by atoms with Crippen LogP contribution in [0.15, 0.2) is 42.7 Å². The number of carbonyl (C=O) groups excluding carboxylic acids is 1. The highest BCUT2D eigenvalue weighted by Gasteiger charge is 2.23. The maximum Gasteiger partial charge on any atom is 0.318 e. The summed E-state index contributed by atoms with van der Waals surface area (Å²) < 4.78 is 7.25. The number of aromatic nitrogens is 2. The summed E-state index contributed by atoms with van der Waals surface area (Å²) in [5.41, 5.74) is 2.27. The molecule has 1 aliphatic heterocycles. The lowest BCUT2D eigenvalue weighted by atomic mass is 10.1. The molecule has 122 valence electrons. The van der Waals surface area contributed by atoms with E-state index in [0.29, 0.717) is 32.8 Å². The SMILES string of the molecule is C[C@@H]1COCCN1C(=O)NCc1ccccc1Cn1cccn1. The molecular weight excluding hydrogens is 292 g/mol. The minimum atomic E-state index is -0.0327. The second-order valence-electron chi connectivity index (χ2n) is 5.75. The Balaban J connectivity index is 1.62. The summed E-state index contributed by atoms with van der Waals surface area (Å²) in [6.45, 7) is 5.07. The molecule has 6 heteroatoms. The second kappa shape index (κ2) is 7.28. The van der Waals surface area contributed by atoms with E-state index in [1.165, 1.54) is 0 Å². The molecule has 0 radical (unpaired) electrons. The van der Waals surface area contributed by atoms with Crippen LogP contribution in [0.25, 0.3) is 0 Å². The average molecular weight is 314 g/mol. The molecule has 1 atom stereocenters. The lowest BCUT2D eigenvalue weighted by molar-refractivity contribution is 0.0189. The molecule has 0 aliphatic carbocycles. The molecule has 1 N–H and O–H groups in total. The number of nitrogens with zero attached hydrogens (tertiary/aromatic N) is 3. The van der Waals surface area contributed by atoms with Gasteiger partial charge < -0.3 is 15.0 Å². The number of morpholine rings is 1. The number of amides is 2. The van der Waals surface area contributed by atoms with Gasteiger partial charge in [-0.15, -0.1) is 0 Å². The predicted molar refractivity (Wildman–Crippen MR) is 87.0 cm³/mol. The summed E-state index contributed by atoms with van der Waals surface area (Å²) in [7, 11) is 0. The van der Waals surface area contributed by atoms with Gasteiger partial charge in [-0.1, -0.05) is 24.3 Å². The van der Waals surface area contributed by atoms with Crippen LogP contribution in [0.5, 0.6) is 0 Å². The summed E-state index contributed by atoms with van der Waals surface area (Å²) in [4.78, 5) is 14.2. The molecule has 3 rings (SSSR count). The first-order valence-electron chi connectivity index (χ1n) is 7.90. The Hall–Kier alpha value is -2.34. The summed E-state index contributed by atoms with van der Waals surface area (Å²) in [6.07, 6.45) is 3.70. The van der Waals surface area contributed by atoms with Crippen molar-refractivity contribution < 1.29 is 9.53 Å². The predicted octanol–water partition coefficient (Wildman–Crippen LogP) is 1.86. The smallest absolute Gasteiger partial charge is 0.318 e. The lowest BCUT2D eigenvalue weighted by Crippen LogP contribution is -2.51. The molecule has 0 bridgehead atoms. The molecule has 0 spiro atoms. The van der Waals surface area contributed by atoms with Crippen LogP contribution in [0.4, 0.5) is 4.79 Å². The molecule has 1 fully saturated rings. The van der Waals surface area contributed by atoms with E-state index in [-0.39, 0.29) is 12.1 Å². The van der Waals surface area contributed by atoms with Crippen molar-refractivity contribution in [1.82, 2.24) is 20.0 Å². The molecule has 2 aromatic rings. The Morgan fingerprint density at radius 1 is 1.35 bits per heavy atom. The molecule has 1 aliphatic rings. The Kier molecular flexibility index (Phi) is 4.92. The molecule has 1 aromatic heterocycles. The van der Waals surface area contributed by atoms with Gasteiger partial charge in [0, 0.05) is 25.5 Å². The maximum absolute atomic E-state index is 12.4. The first kappa shape index (κ1) is 15.6. The number of benzene rings is 1. The van der Waals surface area contributed by atoms with Crippen molar-refractivity contribution in [1.29, 1.82) is 0 Å². The third-order valence-corrected chi connectivity index (χ3v) is 4.07. The minimum Gasteiger partial charge on any atom is -0.377 e. The van der Waals surface area contributed by atoms with Crippen molar-refractivity contribution in [3.63, 3.8) is 0 Å². The summed E-state index contributed by atoms with van der Waals surface area (Å²) in [6, 6.07) is 10.1. The van der Waals surface area contributed by atoms with Crippen LogP contribution in [0.3, 0.4) is 0 Å². The quantitative estimate of drug-likeness (QED) is 0.937. The van der Waals surface area contributed by atoms with Gasteiger partial charge in [0.25, 0.3) is 0 Å². The van der Waals surface area contributed by atoms with Gasteiger partial charge in [0.2, 0.25) is 0 Å². The summed E-state index contributed by atoms with van der Waals surface area (Å²) in [5.74, 6) is 0. The third kappa shape index (κ3) is 3.90. The van der Waals surface area contributed by atoms with Crippen molar-refractivity contribution in [2.45, 2.75) is 26.1 Å². The molecule has 1 saturated heterocycles. The van der Waals surface area contributed by atoms with E-state index in [9.17, 15) is 4.79 Å². The van der Waals surface area contributed by atoms with Gasteiger partial charge in [-0.05, 0) is 24.1 Å². The molecule has 1 aromatic carbocycles. The van der Waals surface area contributed by atoms with E-state index in [1.54, 1.807) is 6.20 Å². The van der Waals surface area contributed by atoms with Crippen molar-refractivity contribution in [2.75, 3.05) is 19.8 Å². The average Bonchev–Trinajstić information content (AvgIpc) is 3.07. The van der Waals surface area contributed by atoms with Crippen LogP contribution in [0.2, 0.25) is 0 Å². The third-order valence-electron chi connectivity index (χ3n) is 4.07. The van der Waals surface area contributed by atoms with Crippen molar-refractivity contribution >= 4 is 6.03 Å². The first-order chi connectivity index (χ1) is 11.2. The van der Waals surface area contributed by atoms with E-state index in [1.807, 2.05) is 47.0 Å². The molecule has 2 heterocycles. The number of carbonyl (C=O) groups is 1. The summed E-state index contributed by atoms with van der Waals surface area (Å²) >= 11 is 0. The second-order valence-corrected chi connectivity index (χ2v) is 5.75. The van der Waals surface area contributed by atoms with Gasteiger partial charge in [-0.3, -0.25) is 4.68 Å². The summed E-state index contributed by atoms with van der Waals surface area (Å²) in [5, 5.41) is 7.26. The number of ether oxygens (including phenoxy) is 1. The highest BCUT2D eigenvalue weighted by Crippen LogP contribution is 2.11. The van der Waals surface area contributed by atoms with E-state index in [4.69, 9.17) is 4.74 Å². The van der Waals surface area contributed by atoms with Crippen molar-refractivity contribution in [3.05, 3.63) is 53.9 Å². The van der Waals surface area contributed by atoms with E-state index >= 15 is 0 Å². The molecule has 0 unspecified atom stereocenters. The fourth-order valence-electron chi connectivity index (χ4n) is 2.75. The van der Waals surface area contributed by atoms with Gasteiger partial charge in [0.1, 0.15) is 0 Å². The van der Waals surface area contributed by atoms with Crippen LogP contribution >= 0.6 is 0 Å². The highest BCUT2D eigenvalue weighted by molar-refractivity contribution is 5.74. The Morgan fingerprint density at radius 3 is 2.91 bits per heavy atom. The standard InChI is InChI=1S/C17H22N4O2/c1-14-13-23-10-9-21(14)17(22)18-11-15-5-2-3-6-16(15)12-20-8-4-7-19-20/h2-8,14H,9-13H2,1H3,(H,18,22)/t14-/m1/s1. The first-order valence-corrected chi connectivity index (χ1v) is 7.90. The molecule has 23 heavy (non-hydrogen) atoms. The lowest BCUT2D eigenvalue weighted by Gasteiger charge is -2.33. The molecular formula is C17H22N4O2. The molecule has 2 amide bonds. The monoisotopic (exact) mass is 314 g/mol. The van der Waals surface area contributed by atoms with Crippen molar-refractivity contribution in [2.24, 2.45) is 0 Å². The van der Waals surface area contributed by atoms with Crippen LogP contribution in [-0.2, 0) is 17.8 Å². The molecule has 0 saturated carbocycles. The van der Waals surface area contributed by atoms with Gasteiger partial charge in [0.15, 0.2) is 0 Å². The largest absolute Gasteiger partial charge is 0.377 e. The highest BCUT2D eigenvalue weighted by atomic mass is 16.5. The van der Waals surface area contributed by atoms with Gasteiger partial charge in [-0.25, -0.2) is 4.79 Å². The fourth-order valence-corrected chi connectivity index (χ4v) is 2.75.